The van der Waals surface area contributed by atoms with Crippen LogP contribution in [0, 0.1) is 5.92 Å². The van der Waals surface area contributed by atoms with Gasteiger partial charge in [0.1, 0.15) is 0 Å². The Morgan fingerprint density at radius 2 is 1.92 bits per heavy atom. The van der Waals surface area contributed by atoms with Gasteiger partial charge in [0, 0.05) is 19.1 Å². The summed E-state index contributed by atoms with van der Waals surface area (Å²) >= 11 is 0. The summed E-state index contributed by atoms with van der Waals surface area (Å²) in [5.74, 6) is 0.739. The zero-order chi connectivity index (χ0) is 9.68. The van der Waals surface area contributed by atoms with Crippen LogP contribution in [-0.2, 0) is 4.74 Å². The van der Waals surface area contributed by atoms with Gasteiger partial charge in [0.2, 0.25) is 0 Å². The highest BCUT2D eigenvalue weighted by atomic mass is 16.5. The molecule has 3 nitrogen and oxygen atoms in total. The van der Waals surface area contributed by atoms with Crippen LogP contribution in [0.15, 0.2) is 0 Å². The van der Waals surface area contributed by atoms with Gasteiger partial charge in [0.15, 0.2) is 0 Å². The Morgan fingerprint density at radius 3 is 2.46 bits per heavy atom. The first-order valence-electron chi connectivity index (χ1n) is 5.33. The van der Waals surface area contributed by atoms with Gasteiger partial charge >= 0.3 is 0 Å². The van der Waals surface area contributed by atoms with Crippen LogP contribution in [0.2, 0.25) is 0 Å². The number of hydrazine groups is 1. The minimum absolute atomic E-state index is 0.572. The summed E-state index contributed by atoms with van der Waals surface area (Å²) in [6.45, 7) is 10.5. The Balaban J connectivity index is 2.21. The number of rotatable bonds is 4. The van der Waals surface area contributed by atoms with E-state index in [0.29, 0.717) is 6.04 Å². The monoisotopic (exact) mass is 186 g/mol. The molecule has 0 spiro atoms. The predicted octanol–water partition coefficient (Wildman–Crippen LogP) is 1.26. The molecule has 0 aliphatic carbocycles. The fraction of sp³-hybridized carbons (Fsp3) is 1.00. The molecule has 2 atom stereocenters. The van der Waals surface area contributed by atoms with Gasteiger partial charge in [-0.3, -0.25) is 5.43 Å². The van der Waals surface area contributed by atoms with Crippen LogP contribution < -0.4 is 5.43 Å². The molecule has 1 N–H and O–H groups in total. The number of hydrogen-bond donors (Lipinski definition) is 1. The normalized spacial score (nSPS) is 24.2. The molecule has 1 rings (SSSR count). The standard InChI is InChI=1S/C10H22N2O/c1-4-9(2)10(3)11-12-5-7-13-8-6-12/h9-11H,4-8H2,1-3H3. The van der Waals surface area contributed by atoms with Crippen molar-refractivity contribution < 1.29 is 4.74 Å². The molecule has 1 fully saturated rings. The van der Waals surface area contributed by atoms with Crippen molar-refractivity contribution in [2.24, 2.45) is 5.92 Å². The summed E-state index contributed by atoms with van der Waals surface area (Å²) in [4.78, 5) is 0. The van der Waals surface area contributed by atoms with Crippen LogP contribution in [0.1, 0.15) is 27.2 Å². The van der Waals surface area contributed by atoms with Gasteiger partial charge in [-0.1, -0.05) is 20.3 Å². The quantitative estimate of drug-likeness (QED) is 0.715. The Kier molecular flexibility index (Phi) is 4.70. The largest absolute Gasteiger partial charge is 0.379 e. The zero-order valence-electron chi connectivity index (χ0n) is 9.05. The van der Waals surface area contributed by atoms with Crippen molar-refractivity contribution in [1.29, 1.82) is 0 Å². The molecule has 3 heteroatoms. The van der Waals surface area contributed by atoms with Gasteiger partial charge < -0.3 is 4.74 Å². The maximum Gasteiger partial charge on any atom is 0.0608 e. The summed E-state index contributed by atoms with van der Waals surface area (Å²) < 4.78 is 5.29. The van der Waals surface area contributed by atoms with E-state index in [1.54, 1.807) is 0 Å². The third kappa shape index (κ3) is 3.63. The first kappa shape index (κ1) is 11.0. The van der Waals surface area contributed by atoms with Crippen LogP contribution in [-0.4, -0.2) is 37.4 Å². The first-order chi connectivity index (χ1) is 6.24. The van der Waals surface area contributed by atoms with E-state index < -0.39 is 0 Å². The molecule has 2 unspecified atom stereocenters. The van der Waals surface area contributed by atoms with Crippen LogP contribution >= 0.6 is 0 Å². The lowest BCUT2D eigenvalue weighted by molar-refractivity contribution is 0.000454. The van der Waals surface area contributed by atoms with E-state index in [0.717, 1.165) is 32.2 Å². The van der Waals surface area contributed by atoms with Crippen molar-refractivity contribution in [3.05, 3.63) is 0 Å². The molecule has 13 heavy (non-hydrogen) atoms. The molecule has 0 saturated carbocycles. The fourth-order valence-corrected chi connectivity index (χ4v) is 1.46. The summed E-state index contributed by atoms with van der Waals surface area (Å²) in [5, 5.41) is 2.28. The fourth-order valence-electron chi connectivity index (χ4n) is 1.46. The SMILES string of the molecule is CCC(C)C(C)NN1CCOCC1. The van der Waals surface area contributed by atoms with Crippen molar-refractivity contribution >= 4 is 0 Å². The summed E-state index contributed by atoms with van der Waals surface area (Å²) in [5.41, 5.74) is 3.52. The van der Waals surface area contributed by atoms with Gasteiger partial charge in [-0.25, -0.2) is 5.01 Å². The van der Waals surface area contributed by atoms with Crippen LogP contribution in [0.3, 0.4) is 0 Å². The Bertz CT molecular complexity index is 135. The predicted molar refractivity (Wildman–Crippen MR) is 54.4 cm³/mol. The van der Waals surface area contributed by atoms with Gasteiger partial charge in [0.05, 0.1) is 13.2 Å². The Morgan fingerprint density at radius 1 is 1.31 bits per heavy atom. The molecular weight excluding hydrogens is 164 g/mol. The van der Waals surface area contributed by atoms with E-state index in [9.17, 15) is 0 Å². The molecule has 1 saturated heterocycles. The Labute approximate surface area is 81.4 Å². The molecule has 0 amide bonds. The average molecular weight is 186 g/mol. The first-order valence-corrected chi connectivity index (χ1v) is 5.33. The van der Waals surface area contributed by atoms with E-state index in [1.807, 2.05) is 0 Å². The lowest BCUT2D eigenvalue weighted by Gasteiger charge is -2.32. The maximum atomic E-state index is 5.29. The topological polar surface area (TPSA) is 24.5 Å². The second-order valence-electron chi connectivity index (χ2n) is 3.90. The zero-order valence-corrected chi connectivity index (χ0v) is 9.05. The molecule has 1 aliphatic heterocycles. The van der Waals surface area contributed by atoms with E-state index >= 15 is 0 Å². The van der Waals surface area contributed by atoms with E-state index in [1.165, 1.54) is 6.42 Å². The molecule has 1 heterocycles. The maximum absolute atomic E-state index is 5.29. The van der Waals surface area contributed by atoms with Gasteiger partial charge in [-0.05, 0) is 12.8 Å². The second-order valence-corrected chi connectivity index (χ2v) is 3.90. The highest BCUT2D eigenvalue weighted by Crippen LogP contribution is 2.07. The minimum Gasteiger partial charge on any atom is -0.379 e. The average Bonchev–Trinajstić information content (AvgIpc) is 2.18. The third-order valence-corrected chi connectivity index (χ3v) is 2.89. The lowest BCUT2D eigenvalue weighted by atomic mass is 10.0. The second kappa shape index (κ2) is 5.58. The molecular formula is C10H22N2O. The van der Waals surface area contributed by atoms with Crippen LogP contribution in [0.5, 0.6) is 0 Å². The lowest BCUT2D eigenvalue weighted by Crippen LogP contribution is -2.50. The molecule has 1 aliphatic rings. The van der Waals surface area contributed by atoms with Gasteiger partial charge in [-0.2, -0.15) is 0 Å². The van der Waals surface area contributed by atoms with Crippen molar-refractivity contribution in [3.8, 4) is 0 Å². The molecule has 0 radical (unpaired) electrons. The summed E-state index contributed by atoms with van der Waals surface area (Å²) in [7, 11) is 0. The molecule has 0 aromatic heterocycles. The number of nitrogens with zero attached hydrogens (tertiary/aromatic N) is 1. The van der Waals surface area contributed by atoms with Crippen LogP contribution in [0.25, 0.3) is 0 Å². The minimum atomic E-state index is 0.572. The van der Waals surface area contributed by atoms with Crippen molar-refractivity contribution in [2.75, 3.05) is 26.3 Å². The molecule has 0 aromatic rings. The number of ether oxygens (including phenoxy) is 1. The van der Waals surface area contributed by atoms with Gasteiger partial charge in [0.25, 0.3) is 0 Å². The highest BCUT2D eigenvalue weighted by Gasteiger charge is 2.15. The Hall–Kier alpha value is -0.120. The van der Waals surface area contributed by atoms with E-state index in [-0.39, 0.29) is 0 Å². The third-order valence-electron chi connectivity index (χ3n) is 2.89. The molecule has 78 valence electrons. The molecule has 0 bridgehead atoms. The van der Waals surface area contributed by atoms with Crippen molar-refractivity contribution in [1.82, 2.24) is 10.4 Å². The van der Waals surface area contributed by atoms with E-state index in [4.69, 9.17) is 4.74 Å². The van der Waals surface area contributed by atoms with Crippen molar-refractivity contribution in [2.45, 2.75) is 33.2 Å². The summed E-state index contributed by atoms with van der Waals surface area (Å²) in [6.07, 6.45) is 1.23. The number of hydrogen-bond acceptors (Lipinski definition) is 3. The number of nitrogens with one attached hydrogen (secondary N) is 1. The highest BCUT2D eigenvalue weighted by molar-refractivity contribution is 4.67. The smallest absolute Gasteiger partial charge is 0.0608 e. The van der Waals surface area contributed by atoms with Gasteiger partial charge in [-0.15, -0.1) is 0 Å². The van der Waals surface area contributed by atoms with Crippen LogP contribution in [0.4, 0.5) is 0 Å². The molecule has 0 aromatic carbocycles. The van der Waals surface area contributed by atoms with Crippen molar-refractivity contribution in [3.63, 3.8) is 0 Å². The summed E-state index contributed by atoms with van der Waals surface area (Å²) in [6, 6.07) is 0.572. The van der Waals surface area contributed by atoms with E-state index in [2.05, 4.69) is 31.2 Å². The number of morpholine rings is 1.